The Morgan fingerprint density at radius 3 is 2.53 bits per heavy atom. The lowest BCUT2D eigenvalue weighted by Crippen LogP contribution is -2.19. The predicted molar refractivity (Wildman–Crippen MR) is 77.3 cm³/mol. The van der Waals surface area contributed by atoms with Crippen LogP contribution in [0.15, 0.2) is 59.7 Å². The molecule has 0 aliphatic rings. The third-order valence-electron chi connectivity index (χ3n) is 2.51. The van der Waals surface area contributed by atoms with Gasteiger partial charge in [0, 0.05) is 10.6 Å². The molecule has 2 aromatic rings. The fourth-order valence-electron chi connectivity index (χ4n) is 1.57. The standard InChI is InChI=1S/C15H13ClN2O/c16-14-9-5-4-8-13(14)11-17-18-15(19)10-12-6-2-1-3-7-12/h1-9,11H,10H2,(H,18,19). The van der Waals surface area contributed by atoms with Crippen LogP contribution in [0, 0.1) is 0 Å². The van der Waals surface area contributed by atoms with Crippen molar-refractivity contribution < 1.29 is 4.79 Å². The minimum Gasteiger partial charge on any atom is -0.273 e. The van der Waals surface area contributed by atoms with E-state index in [1.807, 2.05) is 48.5 Å². The highest BCUT2D eigenvalue weighted by Gasteiger charge is 2.01. The first-order chi connectivity index (χ1) is 9.25. The predicted octanol–water partition coefficient (Wildman–Crippen LogP) is 3.03. The van der Waals surface area contributed by atoms with E-state index in [0.29, 0.717) is 11.4 Å². The number of hydrazone groups is 1. The molecule has 0 fully saturated rings. The van der Waals surface area contributed by atoms with Crippen LogP contribution in [0.1, 0.15) is 11.1 Å². The number of carbonyl (C=O) groups is 1. The first kappa shape index (κ1) is 13.3. The molecule has 0 radical (unpaired) electrons. The maximum atomic E-state index is 11.6. The molecule has 19 heavy (non-hydrogen) atoms. The fourth-order valence-corrected chi connectivity index (χ4v) is 1.76. The number of hydrogen-bond donors (Lipinski definition) is 1. The monoisotopic (exact) mass is 272 g/mol. The average molecular weight is 273 g/mol. The van der Waals surface area contributed by atoms with Crippen molar-refractivity contribution >= 4 is 23.7 Å². The van der Waals surface area contributed by atoms with E-state index in [1.54, 1.807) is 6.07 Å². The largest absolute Gasteiger partial charge is 0.273 e. The molecule has 2 rings (SSSR count). The Bertz CT molecular complexity index is 582. The summed E-state index contributed by atoms with van der Waals surface area (Å²) < 4.78 is 0. The molecule has 0 saturated heterocycles. The van der Waals surface area contributed by atoms with Crippen molar-refractivity contribution in [1.82, 2.24) is 5.43 Å². The molecule has 96 valence electrons. The zero-order valence-corrected chi connectivity index (χ0v) is 11.0. The number of rotatable bonds is 4. The van der Waals surface area contributed by atoms with Gasteiger partial charge < -0.3 is 0 Å². The fraction of sp³-hybridized carbons (Fsp3) is 0.0667. The smallest absolute Gasteiger partial charge is 0.244 e. The van der Waals surface area contributed by atoms with E-state index in [9.17, 15) is 4.79 Å². The Morgan fingerprint density at radius 1 is 1.11 bits per heavy atom. The number of carbonyl (C=O) groups excluding carboxylic acids is 1. The van der Waals surface area contributed by atoms with Crippen LogP contribution in [0.25, 0.3) is 0 Å². The Morgan fingerprint density at radius 2 is 1.79 bits per heavy atom. The summed E-state index contributed by atoms with van der Waals surface area (Å²) in [5.41, 5.74) is 4.20. The van der Waals surface area contributed by atoms with Gasteiger partial charge in [-0.1, -0.05) is 60.1 Å². The van der Waals surface area contributed by atoms with Crippen molar-refractivity contribution in [2.45, 2.75) is 6.42 Å². The number of halogens is 1. The van der Waals surface area contributed by atoms with Gasteiger partial charge in [-0.25, -0.2) is 5.43 Å². The average Bonchev–Trinajstić information content (AvgIpc) is 2.42. The molecule has 0 bridgehead atoms. The highest BCUT2D eigenvalue weighted by atomic mass is 35.5. The molecule has 1 amide bonds. The van der Waals surface area contributed by atoms with Crippen LogP contribution in [-0.2, 0) is 11.2 Å². The molecule has 4 heteroatoms. The first-order valence-corrected chi connectivity index (χ1v) is 6.24. The lowest BCUT2D eigenvalue weighted by molar-refractivity contribution is -0.120. The van der Waals surface area contributed by atoms with E-state index < -0.39 is 0 Å². The first-order valence-electron chi connectivity index (χ1n) is 5.86. The molecule has 0 aliphatic carbocycles. The minimum absolute atomic E-state index is 0.158. The molecule has 0 spiro atoms. The normalized spacial score (nSPS) is 10.6. The van der Waals surface area contributed by atoms with E-state index in [0.717, 1.165) is 11.1 Å². The van der Waals surface area contributed by atoms with Crippen molar-refractivity contribution in [3.8, 4) is 0 Å². The zero-order valence-electron chi connectivity index (χ0n) is 10.2. The molecule has 3 nitrogen and oxygen atoms in total. The lowest BCUT2D eigenvalue weighted by atomic mass is 10.1. The Labute approximate surface area is 116 Å². The van der Waals surface area contributed by atoms with Crippen molar-refractivity contribution in [3.05, 3.63) is 70.7 Å². The third kappa shape index (κ3) is 4.23. The van der Waals surface area contributed by atoms with Gasteiger partial charge in [-0.2, -0.15) is 5.10 Å². The molecule has 1 N–H and O–H groups in total. The van der Waals surface area contributed by atoms with Crippen molar-refractivity contribution in [2.24, 2.45) is 5.10 Å². The van der Waals surface area contributed by atoms with Crippen molar-refractivity contribution in [3.63, 3.8) is 0 Å². The quantitative estimate of drug-likeness (QED) is 0.675. The number of hydrogen-bond acceptors (Lipinski definition) is 2. The molecule has 0 aliphatic heterocycles. The van der Waals surface area contributed by atoms with Crippen LogP contribution in [0.4, 0.5) is 0 Å². The van der Waals surface area contributed by atoms with Gasteiger partial charge in [0.2, 0.25) is 5.91 Å². The van der Waals surface area contributed by atoms with Crippen LogP contribution in [0.2, 0.25) is 5.02 Å². The second kappa shape index (κ2) is 6.71. The van der Waals surface area contributed by atoms with Crippen molar-refractivity contribution in [2.75, 3.05) is 0 Å². The van der Waals surface area contributed by atoms with E-state index >= 15 is 0 Å². The number of benzene rings is 2. The Hall–Kier alpha value is -2.13. The zero-order chi connectivity index (χ0) is 13.5. The van der Waals surface area contributed by atoms with E-state index in [1.165, 1.54) is 6.21 Å². The van der Waals surface area contributed by atoms with Crippen LogP contribution < -0.4 is 5.43 Å². The molecule has 0 aromatic heterocycles. The minimum atomic E-state index is -0.158. The highest BCUT2D eigenvalue weighted by Crippen LogP contribution is 2.11. The summed E-state index contributed by atoms with van der Waals surface area (Å²) in [4.78, 5) is 11.6. The second-order valence-corrected chi connectivity index (χ2v) is 4.38. The van der Waals surface area contributed by atoms with Gasteiger partial charge in [0.1, 0.15) is 0 Å². The summed E-state index contributed by atoms with van der Waals surface area (Å²) in [6.07, 6.45) is 1.84. The molecular weight excluding hydrogens is 260 g/mol. The molecule has 0 atom stereocenters. The van der Waals surface area contributed by atoms with Gasteiger partial charge in [-0.15, -0.1) is 0 Å². The summed E-state index contributed by atoms with van der Waals surface area (Å²) in [6, 6.07) is 16.8. The number of nitrogens with zero attached hydrogens (tertiary/aromatic N) is 1. The van der Waals surface area contributed by atoms with E-state index in [2.05, 4.69) is 10.5 Å². The molecule has 0 heterocycles. The summed E-state index contributed by atoms with van der Waals surface area (Å²) in [5, 5.41) is 4.49. The Kier molecular flexibility index (Phi) is 4.70. The summed E-state index contributed by atoms with van der Waals surface area (Å²) in [6.45, 7) is 0. The van der Waals surface area contributed by atoms with Gasteiger partial charge in [0.15, 0.2) is 0 Å². The SMILES string of the molecule is O=C(Cc1ccccc1)NN=Cc1ccccc1Cl. The van der Waals surface area contributed by atoms with Gasteiger partial charge in [0.25, 0.3) is 0 Å². The highest BCUT2D eigenvalue weighted by molar-refractivity contribution is 6.33. The maximum Gasteiger partial charge on any atom is 0.244 e. The van der Waals surface area contributed by atoms with Crippen LogP contribution in [0.3, 0.4) is 0 Å². The molecular formula is C15H13ClN2O. The number of nitrogens with one attached hydrogen (secondary N) is 1. The summed E-state index contributed by atoms with van der Waals surface area (Å²) in [7, 11) is 0. The lowest BCUT2D eigenvalue weighted by Gasteiger charge is -2.00. The van der Waals surface area contributed by atoms with E-state index in [-0.39, 0.29) is 5.91 Å². The van der Waals surface area contributed by atoms with Gasteiger partial charge in [0.05, 0.1) is 12.6 Å². The van der Waals surface area contributed by atoms with Crippen LogP contribution in [0.5, 0.6) is 0 Å². The second-order valence-electron chi connectivity index (χ2n) is 3.98. The van der Waals surface area contributed by atoms with Crippen LogP contribution >= 0.6 is 11.6 Å². The van der Waals surface area contributed by atoms with Gasteiger partial charge in [-0.05, 0) is 11.6 Å². The number of amides is 1. The molecule has 2 aromatic carbocycles. The topological polar surface area (TPSA) is 41.5 Å². The van der Waals surface area contributed by atoms with Crippen LogP contribution in [-0.4, -0.2) is 12.1 Å². The Balaban J connectivity index is 1.89. The molecule has 0 unspecified atom stereocenters. The van der Waals surface area contributed by atoms with Gasteiger partial charge in [-0.3, -0.25) is 4.79 Å². The maximum absolute atomic E-state index is 11.6. The summed E-state index contributed by atoms with van der Waals surface area (Å²) in [5.74, 6) is -0.158. The molecule has 0 saturated carbocycles. The van der Waals surface area contributed by atoms with E-state index in [4.69, 9.17) is 11.6 Å². The van der Waals surface area contributed by atoms with Gasteiger partial charge >= 0.3 is 0 Å². The summed E-state index contributed by atoms with van der Waals surface area (Å²) >= 11 is 5.97. The van der Waals surface area contributed by atoms with Crippen molar-refractivity contribution in [1.29, 1.82) is 0 Å². The third-order valence-corrected chi connectivity index (χ3v) is 2.85.